The van der Waals surface area contributed by atoms with E-state index in [1.165, 1.54) is 44.9 Å². The highest BCUT2D eigenvalue weighted by atomic mass is 14.9. The van der Waals surface area contributed by atoms with Crippen LogP contribution in [0, 0.1) is 18.8 Å². The third kappa shape index (κ3) is 11.8. The van der Waals surface area contributed by atoms with Crippen molar-refractivity contribution in [2.24, 2.45) is 0 Å². The zero-order valence-electron chi connectivity index (χ0n) is 12.1. The summed E-state index contributed by atoms with van der Waals surface area (Å²) < 4.78 is 0. The molecule has 0 aromatic carbocycles. The van der Waals surface area contributed by atoms with E-state index in [-0.39, 0.29) is 5.54 Å². The van der Waals surface area contributed by atoms with Gasteiger partial charge in [0.15, 0.2) is 0 Å². The van der Waals surface area contributed by atoms with Crippen LogP contribution in [0.5, 0.6) is 0 Å². The van der Waals surface area contributed by atoms with Gasteiger partial charge in [0.25, 0.3) is 0 Å². The number of hydrogen-bond donors (Lipinski definition) is 1. The fourth-order valence-corrected chi connectivity index (χ4v) is 1.62. The van der Waals surface area contributed by atoms with Crippen LogP contribution >= 0.6 is 0 Å². The minimum Gasteiger partial charge on any atom is -0.305 e. The zero-order chi connectivity index (χ0) is 13.0. The van der Waals surface area contributed by atoms with Crippen molar-refractivity contribution in [1.82, 2.24) is 5.32 Å². The summed E-state index contributed by atoms with van der Waals surface area (Å²) in [5.74, 6) is 6.53. The zero-order valence-corrected chi connectivity index (χ0v) is 12.1. The number of unbranched alkanes of at least 4 members (excludes halogenated alkanes) is 8. The second-order valence-corrected chi connectivity index (χ2v) is 5.26. The highest BCUT2D eigenvalue weighted by Crippen LogP contribution is 2.09. The van der Waals surface area contributed by atoms with E-state index in [9.17, 15) is 0 Å². The molecule has 17 heavy (non-hydrogen) atoms. The third-order valence-corrected chi connectivity index (χ3v) is 3.08. The van der Waals surface area contributed by atoms with Gasteiger partial charge in [0, 0.05) is 6.42 Å². The standard InChI is InChI=1S/C16H30N/c1-5-6-7-8-9-10-11-12-13-14-15-16(2,3)17-4/h17H,1,5-13H2,2-4H3. The Morgan fingerprint density at radius 2 is 1.47 bits per heavy atom. The topological polar surface area (TPSA) is 12.0 Å². The van der Waals surface area contributed by atoms with E-state index in [4.69, 9.17) is 0 Å². The minimum atomic E-state index is -0.0335. The number of hydrogen-bond acceptors (Lipinski definition) is 1. The van der Waals surface area contributed by atoms with E-state index < -0.39 is 0 Å². The Morgan fingerprint density at radius 3 is 2.00 bits per heavy atom. The van der Waals surface area contributed by atoms with Crippen LogP contribution in [-0.4, -0.2) is 12.6 Å². The van der Waals surface area contributed by atoms with Gasteiger partial charge in [-0.3, -0.25) is 0 Å². The Bertz CT molecular complexity index is 219. The maximum atomic E-state index is 3.86. The van der Waals surface area contributed by atoms with Gasteiger partial charge in [-0.25, -0.2) is 0 Å². The summed E-state index contributed by atoms with van der Waals surface area (Å²) in [4.78, 5) is 0. The van der Waals surface area contributed by atoms with E-state index in [1.54, 1.807) is 0 Å². The first-order chi connectivity index (χ1) is 8.12. The molecule has 0 bridgehead atoms. The van der Waals surface area contributed by atoms with Crippen LogP contribution in [-0.2, 0) is 0 Å². The average Bonchev–Trinajstić information content (AvgIpc) is 2.31. The van der Waals surface area contributed by atoms with Gasteiger partial charge in [0.2, 0.25) is 0 Å². The summed E-state index contributed by atoms with van der Waals surface area (Å²) in [5.41, 5.74) is -0.0335. The molecule has 1 radical (unpaired) electrons. The fraction of sp³-hybridized carbons (Fsp3) is 0.812. The van der Waals surface area contributed by atoms with E-state index >= 15 is 0 Å². The molecule has 0 aromatic heterocycles. The van der Waals surface area contributed by atoms with Crippen LogP contribution in [0.15, 0.2) is 0 Å². The summed E-state index contributed by atoms with van der Waals surface area (Å²) in [6.07, 6.45) is 11.5. The summed E-state index contributed by atoms with van der Waals surface area (Å²) in [6.45, 7) is 8.09. The maximum Gasteiger partial charge on any atom is 0.0741 e. The van der Waals surface area contributed by atoms with Crippen molar-refractivity contribution in [3.05, 3.63) is 6.92 Å². The smallest absolute Gasteiger partial charge is 0.0741 e. The summed E-state index contributed by atoms with van der Waals surface area (Å²) >= 11 is 0. The van der Waals surface area contributed by atoms with Crippen LogP contribution in [0.3, 0.4) is 0 Å². The monoisotopic (exact) mass is 236 g/mol. The van der Waals surface area contributed by atoms with Gasteiger partial charge in [0.05, 0.1) is 5.54 Å². The van der Waals surface area contributed by atoms with Crippen molar-refractivity contribution in [2.45, 2.75) is 77.2 Å². The maximum absolute atomic E-state index is 3.86. The van der Waals surface area contributed by atoms with E-state index in [0.29, 0.717) is 0 Å². The van der Waals surface area contributed by atoms with Crippen LogP contribution in [0.4, 0.5) is 0 Å². The number of nitrogens with one attached hydrogen (secondary N) is 1. The molecule has 0 aromatic rings. The van der Waals surface area contributed by atoms with E-state index in [0.717, 1.165) is 12.8 Å². The molecule has 1 heteroatoms. The molecule has 0 aliphatic rings. The van der Waals surface area contributed by atoms with E-state index in [1.807, 2.05) is 7.05 Å². The quantitative estimate of drug-likeness (QED) is 0.464. The lowest BCUT2D eigenvalue weighted by molar-refractivity contribution is 0.546. The molecule has 1 nitrogen and oxygen atoms in total. The lowest BCUT2D eigenvalue weighted by Gasteiger charge is -2.15. The minimum absolute atomic E-state index is 0.0335. The highest BCUT2D eigenvalue weighted by molar-refractivity contribution is 5.13. The second kappa shape index (κ2) is 10.7. The Morgan fingerprint density at radius 1 is 0.941 bits per heavy atom. The molecule has 0 aliphatic carbocycles. The molecule has 0 rings (SSSR count). The van der Waals surface area contributed by atoms with Gasteiger partial charge in [-0.15, -0.1) is 5.92 Å². The first-order valence-corrected chi connectivity index (χ1v) is 7.10. The molecule has 1 N–H and O–H groups in total. The molecule has 0 spiro atoms. The lowest BCUT2D eigenvalue weighted by atomic mass is 10.1. The molecule has 0 aliphatic heterocycles. The Balaban J connectivity index is 3.29. The summed E-state index contributed by atoms with van der Waals surface area (Å²) in [6, 6.07) is 0. The fourth-order valence-electron chi connectivity index (χ4n) is 1.62. The normalized spacial score (nSPS) is 11.1. The Hall–Kier alpha value is -0.480. The third-order valence-electron chi connectivity index (χ3n) is 3.08. The Kier molecular flexibility index (Phi) is 10.4. The first-order valence-electron chi connectivity index (χ1n) is 7.10. The van der Waals surface area contributed by atoms with Crippen molar-refractivity contribution in [3.63, 3.8) is 0 Å². The highest BCUT2D eigenvalue weighted by Gasteiger charge is 2.08. The van der Waals surface area contributed by atoms with Crippen molar-refractivity contribution in [1.29, 1.82) is 0 Å². The average molecular weight is 236 g/mol. The SMILES string of the molecule is [CH2]CCCCCCCCCC#CC(C)(C)NC. The molecular formula is C16H30N. The van der Waals surface area contributed by atoms with Crippen LogP contribution in [0.2, 0.25) is 0 Å². The van der Waals surface area contributed by atoms with Crippen molar-refractivity contribution >= 4 is 0 Å². The molecule has 0 saturated carbocycles. The van der Waals surface area contributed by atoms with E-state index in [2.05, 4.69) is 37.9 Å². The van der Waals surface area contributed by atoms with Crippen molar-refractivity contribution in [3.8, 4) is 11.8 Å². The number of rotatable bonds is 9. The molecule has 0 saturated heterocycles. The molecular weight excluding hydrogens is 206 g/mol. The van der Waals surface area contributed by atoms with Gasteiger partial charge >= 0.3 is 0 Å². The second-order valence-electron chi connectivity index (χ2n) is 5.26. The van der Waals surface area contributed by atoms with Gasteiger partial charge in [-0.05, 0) is 27.3 Å². The lowest BCUT2D eigenvalue weighted by Crippen LogP contribution is -2.34. The van der Waals surface area contributed by atoms with Crippen LogP contribution < -0.4 is 5.32 Å². The largest absolute Gasteiger partial charge is 0.305 e. The predicted octanol–water partition coefficient (Wildman–Crippen LogP) is 4.33. The van der Waals surface area contributed by atoms with Gasteiger partial charge in [0.1, 0.15) is 0 Å². The van der Waals surface area contributed by atoms with Gasteiger partial charge < -0.3 is 5.32 Å². The summed E-state index contributed by atoms with van der Waals surface area (Å²) in [5, 5.41) is 3.19. The molecule has 99 valence electrons. The predicted molar refractivity (Wildman–Crippen MR) is 77.8 cm³/mol. The van der Waals surface area contributed by atoms with Crippen molar-refractivity contribution < 1.29 is 0 Å². The molecule has 0 amide bonds. The van der Waals surface area contributed by atoms with Gasteiger partial charge in [-0.2, -0.15) is 0 Å². The molecule has 0 fully saturated rings. The first kappa shape index (κ1) is 16.5. The Labute approximate surface area is 109 Å². The summed E-state index contributed by atoms with van der Waals surface area (Å²) in [7, 11) is 1.96. The van der Waals surface area contributed by atoms with Crippen molar-refractivity contribution in [2.75, 3.05) is 7.05 Å². The molecule has 0 heterocycles. The van der Waals surface area contributed by atoms with Crippen LogP contribution in [0.25, 0.3) is 0 Å². The molecule has 0 unspecified atom stereocenters. The molecule has 0 atom stereocenters. The van der Waals surface area contributed by atoms with Crippen LogP contribution in [0.1, 0.15) is 71.6 Å². The van der Waals surface area contributed by atoms with Gasteiger partial charge in [-0.1, -0.05) is 57.8 Å².